The van der Waals surface area contributed by atoms with E-state index in [1.165, 1.54) is 18.4 Å². The third-order valence-electron chi connectivity index (χ3n) is 3.34. The summed E-state index contributed by atoms with van der Waals surface area (Å²) in [6.07, 6.45) is 4.59. The predicted molar refractivity (Wildman–Crippen MR) is 82.8 cm³/mol. The summed E-state index contributed by atoms with van der Waals surface area (Å²) in [6, 6.07) is 10.4. The van der Waals surface area contributed by atoms with Gasteiger partial charge in [0.05, 0.1) is 0 Å². The molecule has 4 nitrogen and oxygen atoms in total. The Kier molecular flexibility index (Phi) is 6.38. The molecule has 0 atom stereocenters. The second-order valence-electron chi connectivity index (χ2n) is 5.30. The van der Waals surface area contributed by atoms with Crippen LogP contribution >= 0.6 is 0 Å². The average molecular weight is 275 g/mol. The molecule has 1 saturated carbocycles. The van der Waals surface area contributed by atoms with Gasteiger partial charge in [-0.15, -0.1) is 0 Å². The maximum atomic E-state index is 5.81. The van der Waals surface area contributed by atoms with Gasteiger partial charge in [-0.1, -0.05) is 30.3 Å². The maximum Gasteiger partial charge on any atom is 0.188 e. The van der Waals surface area contributed by atoms with Gasteiger partial charge in [0.1, 0.15) is 0 Å². The van der Waals surface area contributed by atoms with E-state index in [4.69, 9.17) is 10.5 Å². The van der Waals surface area contributed by atoms with Crippen LogP contribution in [-0.4, -0.2) is 32.3 Å². The second kappa shape index (κ2) is 8.59. The SMILES string of the molecule is NC(=NCCCOCC1CC1)NCCc1ccccc1. The van der Waals surface area contributed by atoms with E-state index in [0.29, 0.717) is 5.96 Å². The Morgan fingerprint density at radius 3 is 2.85 bits per heavy atom. The highest BCUT2D eigenvalue weighted by molar-refractivity contribution is 5.77. The van der Waals surface area contributed by atoms with Gasteiger partial charge >= 0.3 is 0 Å². The number of guanidine groups is 1. The van der Waals surface area contributed by atoms with Gasteiger partial charge in [0.2, 0.25) is 0 Å². The van der Waals surface area contributed by atoms with E-state index in [0.717, 1.165) is 45.1 Å². The number of nitrogens with zero attached hydrogens (tertiary/aromatic N) is 1. The fraction of sp³-hybridized carbons (Fsp3) is 0.562. The fourth-order valence-electron chi connectivity index (χ4n) is 1.94. The molecule has 0 aliphatic heterocycles. The van der Waals surface area contributed by atoms with Crippen LogP contribution in [0.25, 0.3) is 0 Å². The Morgan fingerprint density at radius 2 is 2.10 bits per heavy atom. The first-order chi connectivity index (χ1) is 9.84. The van der Waals surface area contributed by atoms with Crippen LogP contribution in [-0.2, 0) is 11.2 Å². The summed E-state index contributed by atoms with van der Waals surface area (Å²) in [4.78, 5) is 4.29. The molecule has 0 saturated heterocycles. The zero-order valence-corrected chi connectivity index (χ0v) is 12.1. The highest BCUT2D eigenvalue weighted by Crippen LogP contribution is 2.28. The molecule has 1 aliphatic carbocycles. The minimum absolute atomic E-state index is 0.531. The zero-order valence-electron chi connectivity index (χ0n) is 12.1. The van der Waals surface area contributed by atoms with E-state index in [2.05, 4.69) is 34.6 Å². The molecule has 0 heterocycles. The minimum atomic E-state index is 0.531. The van der Waals surface area contributed by atoms with Crippen LogP contribution in [0.4, 0.5) is 0 Å². The molecule has 0 amide bonds. The summed E-state index contributed by atoms with van der Waals surface area (Å²) in [7, 11) is 0. The Morgan fingerprint density at radius 1 is 1.30 bits per heavy atom. The van der Waals surface area contributed by atoms with Gasteiger partial charge in [0.15, 0.2) is 5.96 Å². The standard InChI is InChI=1S/C16H25N3O/c17-16(18-10-4-12-20-13-15-7-8-15)19-11-9-14-5-2-1-3-6-14/h1-3,5-6,15H,4,7-13H2,(H3,17,18,19). The monoisotopic (exact) mass is 275 g/mol. The van der Waals surface area contributed by atoms with Crippen molar-refractivity contribution in [2.24, 2.45) is 16.6 Å². The summed E-state index contributed by atoms with van der Waals surface area (Å²) in [5, 5.41) is 3.14. The molecule has 3 N–H and O–H groups in total. The molecule has 0 bridgehead atoms. The minimum Gasteiger partial charge on any atom is -0.381 e. The summed E-state index contributed by atoms with van der Waals surface area (Å²) >= 11 is 0. The molecular weight excluding hydrogens is 250 g/mol. The molecule has 0 unspecified atom stereocenters. The number of ether oxygens (including phenoxy) is 1. The van der Waals surface area contributed by atoms with E-state index in [9.17, 15) is 0 Å². The van der Waals surface area contributed by atoms with Crippen LogP contribution in [0.15, 0.2) is 35.3 Å². The van der Waals surface area contributed by atoms with Crippen molar-refractivity contribution in [2.45, 2.75) is 25.7 Å². The lowest BCUT2D eigenvalue weighted by Gasteiger charge is -2.06. The molecular formula is C16H25N3O. The summed E-state index contributed by atoms with van der Waals surface area (Å²) < 4.78 is 5.55. The van der Waals surface area contributed by atoms with Crippen LogP contribution in [0.2, 0.25) is 0 Å². The van der Waals surface area contributed by atoms with E-state index in [1.807, 2.05) is 6.07 Å². The Hall–Kier alpha value is -1.55. The maximum absolute atomic E-state index is 5.81. The van der Waals surface area contributed by atoms with Gasteiger partial charge in [-0.3, -0.25) is 4.99 Å². The molecule has 1 fully saturated rings. The van der Waals surface area contributed by atoms with Crippen molar-refractivity contribution < 1.29 is 4.74 Å². The van der Waals surface area contributed by atoms with Crippen molar-refractivity contribution in [3.8, 4) is 0 Å². The van der Waals surface area contributed by atoms with Crippen LogP contribution in [0.3, 0.4) is 0 Å². The smallest absolute Gasteiger partial charge is 0.188 e. The number of hydrogen-bond donors (Lipinski definition) is 2. The van der Waals surface area contributed by atoms with Crippen molar-refractivity contribution >= 4 is 5.96 Å². The molecule has 4 heteroatoms. The molecule has 1 aliphatic rings. The Bertz CT molecular complexity index is 401. The molecule has 110 valence electrons. The first-order valence-corrected chi connectivity index (χ1v) is 7.50. The highest BCUT2D eigenvalue weighted by atomic mass is 16.5. The number of nitrogens with two attached hydrogens (primary N) is 1. The predicted octanol–water partition coefficient (Wildman–Crippen LogP) is 1.95. The topological polar surface area (TPSA) is 59.6 Å². The normalized spacial score (nSPS) is 15.3. The van der Waals surface area contributed by atoms with Gasteiger partial charge < -0.3 is 15.8 Å². The molecule has 0 aromatic heterocycles. The lowest BCUT2D eigenvalue weighted by atomic mass is 10.1. The van der Waals surface area contributed by atoms with Gasteiger partial charge in [0, 0.05) is 26.3 Å². The molecule has 2 rings (SSSR count). The van der Waals surface area contributed by atoms with Crippen molar-refractivity contribution in [1.29, 1.82) is 0 Å². The van der Waals surface area contributed by atoms with Crippen LogP contribution < -0.4 is 11.1 Å². The van der Waals surface area contributed by atoms with Gasteiger partial charge in [-0.05, 0) is 37.2 Å². The number of hydrogen-bond acceptors (Lipinski definition) is 2. The molecule has 1 aromatic rings. The molecule has 0 spiro atoms. The van der Waals surface area contributed by atoms with Crippen molar-refractivity contribution in [3.05, 3.63) is 35.9 Å². The summed E-state index contributed by atoms with van der Waals surface area (Å²) in [5.41, 5.74) is 7.12. The van der Waals surface area contributed by atoms with Gasteiger partial charge in [-0.2, -0.15) is 0 Å². The number of aliphatic imine (C=N–C) groups is 1. The average Bonchev–Trinajstić information content (AvgIpc) is 3.28. The summed E-state index contributed by atoms with van der Waals surface area (Å²) in [5.74, 6) is 1.37. The van der Waals surface area contributed by atoms with E-state index in [-0.39, 0.29) is 0 Å². The highest BCUT2D eigenvalue weighted by Gasteiger charge is 2.20. The third kappa shape index (κ3) is 6.57. The number of rotatable bonds is 9. The Labute approximate surface area is 121 Å². The van der Waals surface area contributed by atoms with Crippen LogP contribution in [0.5, 0.6) is 0 Å². The fourth-order valence-corrected chi connectivity index (χ4v) is 1.94. The van der Waals surface area contributed by atoms with E-state index in [1.54, 1.807) is 0 Å². The zero-order chi connectivity index (χ0) is 14.0. The Balaban J connectivity index is 1.47. The van der Waals surface area contributed by atoms with Gasteiger partial charge in [0.25, 0.3) is 0 Å². The summed E-state index contributed by atoms with van der Waals surface area (Å²) in [6.45, 7) is 3.26. The molecule has 0 radical (unpaired) electrons. The van der Waals surface area contributed by atoms with E-state index < -0.39 is 0 Å². The molecule has 1 aromatic carbocycles. The van der Waals surface area contributed by atoms with Crippen molar-refractivity contribution in [2.75, 3.05) is 26.3 Å². The lowest BCUT2D eigenvalue weighted by molar-refractivity contribution is 0.123. The third-order valence-corrected chi connectivity index (χ3v) is 3.34. The quantitative estimate of drug-likeness (QED) is 0.411. The lowest BCUT2D eigenvalue weighted by Crippen LogP contribution is -2.33. The van der Waals surface area contributed by atoms with Crippen LogP contribution in [0, 0.1) is 5.92 Å². The molecule has 20 heavy (non-hydrogen) atoms. The van der Waals surface area contributed by atoms with Gasteiger partial charge in [-0.25, -0.2) is 0 Å². The number of nitrogens with one attached hydrogen (secondary N) is 1. The van der Waals surface area contributed by atoms with Crippen LogP contribution in [0.1, 0.15) is 24.8 Å². The number of benzene rings is 1. The second-order valence-corrected chi connectivity index (χ2v) is 5.30. The largest absolute Gasteiger partial charge is 0.381 e. The van der Waals surface area contributed by atoms with Crippen molar-refractivity contribution in [3.63, 3.8) is 0 Å². The first kappa shape index (κ1) is 14.9. The first-order valence-electron chi connectivity index (χ1n) is 7.50. The van der Waals surface area contributed by atoms with Crippen molar-refractivity contribution in [1.82, 2.24) is 5.32 Å². The van der Waals surface area contributed by atoms with E-state index >= 15 is 0 Å².